The average Bonchev–Trinajstić information content (AvgIpc) is 2.83. The SMILES string of the molecule is COC(=O)c1nc(-c2c(F)ccc3c2OC(F)(F)O3)cc(N)c1Cl. The molecule has 1 aromatic carbocycles. The van der Waals surface area contributed by atoms with E-state index in [2.05, 4.69) is 19.2 Å². The first-order valence-corrected chi connectivity index (χ1v) is 6.74. The third-order valence-corrected chi connectivity index (χ3v) is 3.54. The molecular weight excluding hydrogens is 353 g/mol. The standard InChI is InChI=1S/C14H8ClF3N2O4/c1-22-13(21)11-10(15)6(19)4-7(20-11)9-5(16)2-3-8-12(9)24-14(17,18)23-8/h2-4H,1H3,(H2,19,20). The number of hydrogen-bond acceptors (Lipinski definition) is 6. The van der Waals surface area contributed by atoms with Crippen LogP contribution in [0, 0.1) is 5.82 Å². The van der Waals surface area contributed by atoms with E-state index in [1.54, 1.807) is 0 Å². The van der Waals surface area contributed by atoms with Gasteiger partial charge in [0, 0.05) is 0 Å². The van der Waals surface area contributed by atoms with Crippen LogP contribution in [0.5, 0.6) is 11.5 Å². The summed E-state index contributed by atoms with van der Waals surface area (Å²) in [7, 11) is 1.08. The Balaban J connectivity index is 2.23. The van der Waals surface area contributed by atoms with Gasteiger partial charge in [0.25, 0.3) is 0 Å². The third-order valence-electron chi connectivity index (χ3n) is 3.14. The summed E-state index contributed by atoms with van der Waals surface area (Å²) in [5.74, 6) is -2.81. The number of rotatable bonds is 2. The lowest BCUT2D eigenvalue weighted by molar-refractivity contribution is -0.286. The van der Waals surface area contributed by atoms with E-state index in [0.29, 0.717) is 0 Å². The molecule has 0 atom stereocenters. The molecule has 1 aliphatic heterocycles. The van der Waals surface area contributed by atoms with Gasteiger partial charge in [0.15, 0.2) is 17.2 Å². The molecule has 24 heavy (non-hydrogen) atoms. The first-order chi connectivity index (χ1) is 11.2. The van der Waals surface area contributed by atoms with E-state index in [1.165, 1.54) is 0 Å². The molecule has 0 fully saturated rings. The zero-order chi connectivity index (χ0) is 17.6. The number of carbonyl (C=O) groups excluding carboxylic acids is 1. The van der Waals surface area contributed by atoms with Crippen LogP contribution in [0.25, 0.3) is 11.3 Å². The van der Waals surface area contributed by atoms with E-state index in [1.807, 2.05) is 0 Å². The van der Waals surface area contributed by atoms with Crippen LogP contribution in [0.2, 0.25) is 5.02 Å². The molecular formula is C14H8ClF3N2O4. The number of alkyl halides is 2. The van der Waals surface area contributed by atoms with Gasteiger partial charge >= 0.3 is 12.3 Å². The van der Waals surface area contributed by atoms with Crippen molar-refractivity contribution in [1.29, 1.82) is 0 Å². The number of hydrogen-bond donors (Lipinski definition) is 1. The zero-order valence-electron chi connectivity index (χ0n) is 11.9. The Bertz CT molecular complexity index is 860. The van der Waals surface area contributed by atoms with Gasteiger partial charge in [0.05, 0.1) is 29.1 Å². The van der Waals surface area contributed by atoms with Gasteiger partial charge in [0.1, 0.15) is 5.82 Å². The Labute approximate surface area is 137 Å². The van der Waals surface area contributed by atoms with Gasteiger partial charge in [-0.25, -0.2) is 14.2 Å². The molecule has 0 amide bonds. The van der Waals surface area contributed by atoms with Gasteiger partial charge in [-0.2, -0.15) is 0 Å². The van der Waals surface area contributed by atoms with Gasteiger partial charge in [-0.15, -0.1) is 8.78 Å². The van der Waals surface area contributed by atoms with Crippen LogP contribution in [0.15, 0.2) is 18.2 Å². The highest BCUT2D eigenvalue weighted by molar-refractivity contribution is 6.35. The Morgan fingerprint density at radius 1 is 1.38 bits per heavy atom. The fraction of sp³-hybridized carbons (Fsp3) is 0.143. The van der Waals surface area contributed by atoms with E-state index in [4.69, 9.17) is 17.3 Å². The van der Waals surface area contributed by atoms with Crippen LogP contribution >= 0.6 is 11.6 Å². The maximum Gasteiger partial charge on any atom is 0.586 e. The summed E-state index contributed by atoms with van der Waals surface area (Å²) in [5.41, 5.74) is 4.48. The first kappa shape index (κ1) is 16.2. The van der Waals surface area contributed by atoms with Crippen LogP contribution in [0.4, 0.5) is 18.9 Å². The van der Waals surface area contributed by atoms with Crippen LogP contribution in [-0.4, -0.2) is 24.4 Å². The number of benzene rings is 1. The Morgan fingerprint density at radius 2 is 2.08 bits per heavy atom. The number of anilines is 1. The molecule has 126 valence electrons. The van der Waals surface area contributed by atoms with Crippen molar-refractivity contribution in [2.45, 2.75) is 6.29 Å². The molecule has 0 bridgehead atoms. The quantitative estimate of drug-likeness (QED) is 0.828. The summed E-state index contributed by atoms with van der Waals surface area (Å²) in [6.07, 6.45) is -3.95. The van der Waals surface area contributed by atoms with Crippen molar-refractivity contribution in [3.05, 3.63) is 34.7 Å². The predicted octanol–water partition coefficient (Wildman–Crippen LogP) is 3.23. The van der Waals surface area contributed by atoms with Gasteiger partial charge in [0.2, 0.25) is 0 Å². The molecule has 0 saturated heterocycles. The van der Waals surface area contributed by atoms with Crippen LogP contribution in [-0.2, 0) is 4.74 Å². The summed E-state index contributed by atoms with van der Waals surface area (Å²) in [4.78, 5) is 15.6. The summed E-state index contributed by atoms with van der Waals surface area (Å²) in [6.45, 7) is 0. The van der Waals surface area contributed by atoms with Crippen molar-refractivity contribution in [1.82, 2.24) is 4.98 Å². The van der Waals surface area contributed by atoms with Gasteiger partial charge in [-0.3, -0.25) is 0 Å². The monoisotopic (exact) mass is 360 g/mol. The van der Waals surface area contributed by atoms with Crippen molar-refractivity contribution in [2.75, 3.05) is 12.8 Å². The molecule has 6 nitrogen and oxygen atoms in total. The molecule has 2 heterocycles. The van der Waals surface area contributed by atoms with Gasteiger partial charge in [-0.05, 0) is 18.2 Å². The van der Waals surface area contributed by atoms with E-state index in [0.717, 1.165) is 25.3 Å². The topological polar surface area (TPSA) is 83.7 Å². The van der Waals surface area contributed by atoms with Crippen molar-refractivity contribution < 1.29 is 32.2 Å². The maximum absolute atomic E-state index is 14.2. The lowest BCUT2D eigenvalue weighted by Crippen LogP contribution is -2.26. The number of nitrogens with two attached hydrogens (primary N) is 1. The van der Waals surface area contributed by atoms with Gasteiger partial charge < -0.3 is 19.9 Å². The summed E-state index contributed by atoms with van der Waals surface area (Å²) < 4.78 is 53.8. The number of esters is 1. The molecule has 1 aromatic heterocycles. The molecule has 0 spiro atoms. The van der Waals surface area contributed by atoms with E-state index in [-0.39, 0.29) is 22.2 Å². The van der Waals surface area contributed by atoms with Crippen molar-refractivity contribution >= 4 is 23.3 Å². The van der Waals surface area contributed by atoms with Crippen LogP contribution < -0.4 is 15.2 Å². The molecule has 3 rings (SSSR count). The maximum atomic E-state index is 14.2. The average molecular weight is 361 g/mol. The number of nitrogen functional groups attached to an aromatic ring is 1. The number of pyridine rings is 1. The van der Waals surface area contributed by atoms with Crippen molar-refractivity contribution in [3.8, 4) is 22.8 Å². The number of carbonyl (C=O) groups is 1. The predicted molar refractivity (Wildman–Crippen MR) is 76.6 cm³/mol. The Hall–Kier alpha value is -2.68. The summed E-state index contributed by atoms with van der Waals surface area (Å²) in [5, 5.41) is -0.207. The van der Waals surface area contributed by atoms with Crippen molar-refractivity contribution in [3.63, 3.8) is 0 Å². The number of halogens is 4. The molecule has 0 unspecified atom stereocenters. The summed E-state index contributed by atoms with van der Waals surface area (Å²) >= 11 is 5.87. The number of methoxy groups -OCH3 is 1. The van der Waals surface area contributed by atoms with E-state index < -0.39 is 35.1 Å². The molecule has 0 saturated carbocycles. The molecule has 2 aromatic rings. The minimum atomic E-state index is -3.95. The molecule has 1 aliphatic rings. The number of fused-ring (bicyclic) bond motifs is 1. The first-order valence-electron chi connectivity index (χ1n) is 6.36. The third kappa shape index (κ3) is 2.56. The highest BCUT2D eigenvalue weighted by atomic mass is 35.5. The number of nitrogens with zero attached hydrogens (tertiary/aromatic N) is 1. The largest absolute Gasteiger partial charge is 0.586 e. The fourth-order valence-electron chi connectivity index (χ4n) is 2.14. The molecule has 0 radical (unpaired) electrons. The lowest BCUT2D eigenvalue weighted by atomic mass is 10.1. The minimum Gasteiger partial charge on any atom is -0.464 e. The minimum absolute atomic E-state index is 0.121. The highest BCUT2D eigenvalue weighted by Crippen LogP contribution is 2.48. The Morgan fingerprint density at radius 3 is 2.75 bits per heavy atom. The summed E-state index contributed by atoms with van der Waals surface area (Å²) in [6, 6.07) is 2.99. The van der Waals surface area contributed by atoms with E-state index >= 15 is 0 Å². The lowest BCUT2D eigenvalue weighted by Gasteiger charge is -2.11. The molecule has 2 N–H and O–H groups in total. The Kier molecular flexibility index (Phi) is 3.67. The smallest absolute Gasteiger partial charge is 0.464 e. The van der Waals surface area contributed by atoms with Crippen molar-refractivity contribution in [2.24, 2.45) is 0 Å². The van der Waals surface area contributed by atoms with Gasteiger partial charge in [-0.1, -0.05) is 11.6 Å². The second kappa shape index (κ2) is 5.45. The molecule has 10 heteroatoms. The van der Waals surface area contributed by atoms with Crippen LogP contribution in [0.3, 0.4) is 0 Å². The second-order valence-corrected chi connectivity index (χ2v) is 5.05. The second-order valence-electron chi connectivity index (χ2n) is 4.67. The zero-order valence-corrected chi connectivity index (χ0v) is 12.7. The molecule has 0 aliphatic carbocycles. The van der Waals surface area contributed by atoms with E-state index in [9.17, 15) is 18.0 Å². The normalized spacial score (nSPS) is 14.5. The highest BCUT2D eigenvalue weighted by Gasteiger charge is 2.45. The fourth-order valence-corrected chi connectivity index (χ4v) is 2.31. The van der Waals surface area contributed by atoms with Crippen LogP contribution in [0.1, 0.15) is 10.5 Å². The number of aromatic nitrogens is 1. The number of ether oxygens (including phenoxy) is 3.